The molecule has 148 valence electrons. The SMILES string of the molecule is Cc1cccc(C)c1N=C(N)SCOC(=O)CNC(=O)OCc1ccccc1. The van der Waals surface area contributed by atoms with Gasteiger partial charge in [-0.15, -0.1) is 0 Å². The molecule has 0 radical (unpaired) electrons. The largest absolute Gasteiger partial charge is 0.453 e. The first kappa shape index (κ1) is 21.3. The van der Waals surface area contributed by atoms with Gasteiger partial charge in [0.25, 0.3) is 0 Å². The van der Waals surface area contributed by atoms with E-state index in [0.717, 1.165) is 34.1 Å². The van der Waals surface area contributed by atoms with Gasteiger partial charge >= 0.3 is 12.1 Å². The van der Waals surface area contributed by atoms with E-state index < -0.39 is 12.1 Å². The highest BCUT2D eigenvalue weighted by molar-refractivity contribution is 8.13. The lowest BCUT2D eigenvalue weighted by atomic mass is 10.1. The fourth-order valence-electron chi connectivity index (χ4n) is 2.25. The molecular formula is C20H23N3O4S. The molecule has 0 aromatic heterocycles. The highest BCUT2D eigenvalue weighted by Crippen LogP contribution is 2.23. The summed E-state index contributed by atoms with van der Waals surface area (Å²) in [6.07, 6.45) is -0.690. The summed E-state index contributed by atoms with van der Waals surface area (Å²) in [7, 11) is 0. The number of hydrogen-bond donors (Lipinski definition) is 2. The average Bonchev–Trinajstić information content (AvgIpc) is 2.68. The summed E-state index contributed by atoms with van der Waals surface area (Å²) in [5.74, 6) is -0.594. The number of rotatable bonds is 7. The summed E-state index contributed by atoms with van der Waals surface area (Å²) in [6.45, 7) is 3.74. The van der Waals surface area contributed by atoms with Crippen LogP contribution in [0.25, 0.3) is 0 Å². The molecule has 1 amide bonds. The standard InChI is InChI=1S/C20H23N3O4S/c1-14-7-6-8-15(2)18(14)23-19(21)28-13-27-17(24)11-22-20(25)26-12-16-9-4-3-5-10-16/h3-10H,11-13H2,1-2H3,(H2,21,23)(H,22,25). The van der Waals surface area contributed by atoms with E-state index in [9.17, 15) is 9.59 Å². The molecule has 2 rings (SSSR count). The number of nitrogens with one attached hydrogen (secondary N) is 1. The lowest BCUT2D eigenvalue weighted by Crippen LogP contribution is -2.31. The van der Waals surface area contributed by atoms with Crippen LogP contribution in [0.4, 0.5) is 10.5 Å². The lowest BCUT2D eigenvalue weighted by Gasteiger charge is -2.08. The van der Waals surface area contributed by atoms with Gasteiger partial charge in [0.1, 0.15) is 19.1 Å². The topological polar surface area (TPSA) is 103 Å². The van der Waals surface area contributed by atoms with E-state index in [4.69, 9.17) is 15.2 Å². The van der Waals surface area contributed by atoms with Gasteiger partial charge in [-0.2, -0.15) is 0 Å². The Labute approximate surface area is 168 Å². The fourth-order valence-corrected chi connectivity index (χ4v) is 2.72. The van der Waals surface area contributed by atoms with Crippen molar-refractivity contribution in [3.8, 4) is 0 Å². The van der Waals surface area contributed by atoms with Crippen LogP contribution in [0.1, 0.15) is 16.7 Å². The number of esters is 1. The summed E-state index contributed by atoms with van der Waals surface area (Å²) in [5, 5.41) is 2.63. The van der Waals surface area contributed by atoms with Crippen LogP contribution in [0.3, 0.4) is 0 Å². The van der Waals surface area contributed by atoms with E-state index in [1.807, 2.05) is 62.4 Å². The Morgan fingerprint density at radius 2 is 1.71 bits per heavy atom. The second-order valence-electron chi connectivity index (χ2n) is 5.88. The van der Waals surface area contributed by atoms with Crippen LogP contribution in [0.15, 0.2) is 53.5 Å². The van der Waals surface area contributed by atoms with Gasteiger partial charge in [-0.25, -0.2) is 9.79 Å². The van der Waals surface area contributed by atoms with E-state index in [1.54, 1.807) is 0 Å². The van der Waals surface area contributed by atoms with Crippen LogP contribution in [0, 0.1) is 13.8 Å². The van der Waals surface area contributed by atoms with Crippen molar-refractivity contribution in [2.24, 2.45) is 10.7 Å². The molecule has 8 heteroatoms. The number of carbonyl (C=O) groups is 2. The molecule has 0 heterocycles. The number of benzene rings is 2. The van der Waals surface area contributed by atoms with E-state index >= 15 is 0 Å². The number of alkyl carbamates (subject to hydrolysis) is 1. The number of aryl methyl sites for hydroxylation is 2. The Morgan fingerprint density at radius 3 is 2.39 bits per heavy atom. The molecule has 3 N–H and O–H groups in total. The van der Waals surface area contributed by atoms with E-state index in [0.29, 0.717) is 5.17 Å². The molecule has 0 atom stereocenters. The number of aliphatic imine (C=N–C) groups is 1. The molecule has 0 aliphatic heterocycles. The van der Waals surface area contributed by atoms with Crippen LogP contribution in [-0.4, -0.2) is 29.7 Å². The normalized spacial score (nSPS) is 11.0. The summed E-state index contributed by atoms with van der Waals surface area (Å²) in [6, 6.07) is 15.1. The maximum Gasteiger partial charge on any atom is 0.407 e. The zero-order chi connectivity index (χ0) is 20.4. The summed E-state index contributed by atoms with van der Waals surface area (Å²) >= 11 is 1.10. The number of hydrogen-bond acceptors (Lipinski definition) is 6. The molecule has 0 unspecified atom stereocenters. The molecule has 2 aromatic rings. The van der Waals surface area contributed by atoms with Crippen molar-refractivity contribution in [1.29, 1.82) is 0 Å². The number of thioether (sulfide) groups is 1. The molecule has 0 saturated carbocycles. The molecular weight excluding hydrogens is 378 g/mol. The van der Waals surface area contributed by atoms with Gasteiger partial charge in [0.2, 0.25) is 0 Å². The number of ether oxygens (including phenoxy) is 2. The van der Waals surface area contributed by atoms with Crippen molar-refractivity contribution in [1.82, 2.24) is 5.32 Å². The number of nitrogens with two attached hydrogens (primary N) is 1. The third-order valence-electron chi connectivity index (χ3n) is 3.68. The Balaban J connectivity index is 1.66. The molecule has 0 saturated heterocycles. The average molecular weight is 401 g/mol. The highest BCUT2D eigenvalue weighted by Gasteiger charge is 2.09. The molecule has 28 heavy (non-hydrogen) atoms. The Bertz CT molecular complexity index is 820. The second-order valence-corrected chi connectivity index (χ2v) is 6.83. The summed E-state index contributed by atoms with van der Waals surface area (Å²) in [5.41, 5.74) is 9.57. The first-order valence-electron chi connectivity index (χ1n) is 8.59. The van der Waals surface area contributed by atoms with Gasteiger partial charge in [0.15, 0.2) is 5.17 Å². The number of nitrogens with zero attached hydrogens (tertiary/aromatic N) is 1. The van der Waals surface area contributed by atoms with Crippen molar-refractivity contribution in [3.05, 3.63) is 65.2 Å². The van der Waals surface area contributed by atoms with Gasteiger partial charge in [0.05, 0.1) is 5.69 Å². The third kappa shape index (κ3) is 7.32. The minimum atomic E-state index is -0.690. The van der Waals surface area contributed by atoms with Gasteiger partial charge in [-0.1, -0.05) is 48.5 Å². The number of amides is 1. The third-order valence-corrected chi connectivity index (χ3v) is 4.30. The minimum absolute atomic E-state index is 0.000160. The maximum absolute atomic E-state index is 11.7. The van der Waals surface area contributed by atoms with E-state index in [2.05, 4.69) is 10.3 Å². The van der Waals surface area contributed by atoms with Crippen molar-refractivity contribution in [2.45, 2.75) is 20.5 Å². The quantitative estimate of drug-likeness (QED) is 0.319. The number of carbonyl (C=O) groups excluding carboxylic acids is 2. The van der Waals surface area contributed by atoms with Crippen LogP contribution in [0.5, 0.6) is 0 Å². The monoisotopic (exact) mass is 401 g/mol. The number of para-hydroxylation sites is 1. The van der Waals surface area contributed by atoms with Crippen LogP contribution < -0.4 is 11.1 Å². The molecule has 0 aliphatic carbocycles. The zero-order valence-electron chi connectivity index (χ0n) is 15.8. The summed E-state index contributed by atoms with van der Waals surface area (Å²) in [4.78, 5) is 27.6. The Kier molecular flexibility index (Phi) is 8.36. The van der Waals surface area contributed by atoms with Gasteiger partial charge in [-0.3, -0.25) is 4.79 Å². The van der Waals surface area contributed by atoms with Gasteiger partial charge in [0, 0.05) is 0 Å². The molecule has 0 bridgehead atoms. The highest BCUT2D eigenvalue weighted by atomic mass is 32.2. The first-order valence-corrected chi connectivity index (χ1v) is 9.57. The minimum Gasteiger partial charge on any atom is -0.453 e. The van der Waals surface area contributed by atoms with Crippen LogP contribution in [0.2, 0.25) is 0 Å². The van der Waals surface area contributed by atoms with Crippen molar-refractivity contribution < 1.29 is 19.1 Å². The van der Waals surface area contributed by atoms with Crippen molar-refractivity contribution in [3.63, 3.8) is 0 Å². The maximum atomic E-state index is 11.7. The van der Waals surface area contributed by atoms with Gasteiger partial charge < -0.3 is 20.5 Å². The lowest BCUT2D eigenvalue weighted by molar-refractivity contribution is -0.140. The van der Waals surface area contributed by atoms with E-state index in [-0.39, 0.29) is 19.1 Å². The van der Waals surface area contributed by atoms with E-state index in [1.165, 1.54) is 0 Å². The molecule has 2 aromatic carbocycles. The van der Waals surface area contributed by atoms with Crippen LogP contribution in [-0.2, 0) is 20.9 Å². The molecule has 0 fully saturated rings. The predicted molar refractivity (Wildman–Crippen MR) is 110 cm³/mol. The molecule has 7 nitrogen and oxygen atoms in total. The Morgan fingerprint density at radius 1 is 1.04 bits per heavy atom. The summed E-state index contributed by atoms with van der Waals surface area (Å²) < 4.78 is 10.0. The zero-order valence-corrected chi connectivity index (χ0v) is 16.6. The smallest absolute Gasteiger partial charge is 0.407 e. The van der Waals surface area contributed by atoms with Crippen LogP contribution >= 0.6 is 11.8 Å². The Hall–Kier alpha value is -3.00. The predicted octanol–water partition coefficient (Wildman–Crippen LogP) is 3.41. The van der Waals surface area contributed by atoms with Crippen molar-refractivity contribution in [2.75, 3.05) is 12.5 Å². The number of amidine groups is 1. The second kappa shape index (κ2) is 11.0. The fraction of sp³-hybridized carbons (Fsp3) is 0.250. The molecule has 0 spiro atoms. The molecule has 0 aliphatic rings. The van der Waals surface area contributed by atoms with Gasteiger partial charge in [-0.05, 0) is 42.3 Å². The van der Waals surface area contributed by atoms with Crippen molar-refractivity contribution >= 4 is 34.7 Å². The first-order chi connectivity index (χ1) is 13.5.